The Morgan fingerprint density at radius 3 is 2.00 bits per heavy atom. The van der Waals surface area contributed by atoms with Gasteiger partial charge in [-0.25, -0.2) is 9.97 Å². The molecule has 0 fully saturated rings. The normalized spacial score (nSPS) is 9.67. The summed E-state index contributed by atoms with van der Waals surface area (Å²) in [4.78, 5) is 7.44. The Morgan fingerprint density at radius 2 is 1.67 bits per heavy atom. The van der Waals surface area contributed by atoms with Gasteiger partial charge in [0.05, 0.1) is 0 Å². The highest BCUT2D eigenvalue weighted by Crippen LogP contribution is 2.14. The van der Waals surface area contributed by atoms with Crippen LogP contribution in [0.15, 0.2) is 10.8 Å². The Hall–Kier alpha value is 0.140. The first kappa shape index (κ1) is 7.25. The summed E-state index contributed by atoms with van der Waals surface area (Å²) in [5.41, 5.74) is 0. The topological polar surface area (TPSA) is 25.8 Å². The minimum absolute atomic E-state index is 0.335. The minimum Gasteiger partial charge on any atom is -0.210 e. The zero-order chi connectivity index (χ0) is 6.85. The fraction of sp³-hybridized carbons (Fsp3) is 0. The van der Waals surface area contributed by atoms with E-state index in [1.54, 1.807) is 0 Å². The predicted octanol–water partition coefficient (Wildman–Crippen LogP) is 2.55. The molecule has 1 heterocycles. The molecule has 0 N–H and O–H groups in total. The van der Waals surface area contributed by atoms with Crippen molar-refractivity contribution in [3.05, 3.63) is 21.1 Å². The van der Waals surface area contributed by atoms with Gasteiger partial charge in [0.15, 0.2) is 4.73 Å². The summed E-state index contributed by atoms with van der Waals surface area (Å²) in [5.74, 6) is 0. The minimum atomic E-state index is 0.335. The molecule has 0 saturated carbocycles. The van der Waals surface area contributed by atoms with Gasteiger partial charge in [-0.2, -0.15) is 0 Å². The van der Waals surface area contributed by atoms with Crippen LogP contribution in [0.2, 0.25) is 10.3 Å². The maximum Gasteiger partial charge on any atom is 0.199 e. The summed E-state index contributed by atoms with van der Waals surface area (Å²) >= 11 is 14.0. The number of aromatic nitrogens is 2. The summed E-state index contributed by atoms with van der Waals surface area (Å²) < 4.78 is 0.403. The van der Waals surface area contributed by atoms with Crippen molar-refractivity contribution in [3.63, 3.8) is 0 Å². The average Bonchev–Trinajstić information content (AvgIpc) is 1.59. The summed E-state index contributed by atoms with van der Waals surface area (Å²) in [6.07, 6.45) is 0. The van der Waals surface area contributed by atoms with Crippen molar-refractivity contribution in [2.45, 2.75) is 0 Å². The lowest BCUT2D eigenvalue weighted by molar-refractivity contribution is 1.11. The lowest BCUT2D eigenvalue weighted by atomic mass is 10.7. The molecule has 0 aliphatic carbocycles. The van der Waals surface area contributed by atoms with Gasteiger partial charge in [-0.1, -0.05) is 23.2 Å². The fourth-order valence-electron chi connectivity index (χ4n) is 0.364. The van der Waals surface area contributed by atoms with Gasteiger partial charge in [-0.05, 0) is 15.9 Å². The van der Waals surface area contributed by atoms with Crippen molar-refractivity contribution in [1.29, 1.82) is 0 Å². The first-order chi connectivity index (χ1) is 4.18. The summed E-state index contributed by atoms with van der Waals surface area (Å²) in [6.45, 7) is 0. The van der Waals surface area contributed by atoms with Gasteiger partial charge < -0.3 is 0 Å². The van der Waals surface area contributed by atoms with E-state index >= 15 is 0 Å². The van der Waals surface area contributed by atoms with Crippen LogP contribution in [0.5, 0.6) is 0 Å². The molecule has 0 saturated heterocycles. The molecule has 2 nitrogen and oxygen atoms in total. The fourth-order valence-corrected chi connectivity index (χ4v) is 1.37. The highest BCUT2D eigenvalue weighted by molar-refractivity contribution is 9.10. The first-order valence-corrected chi connectivity index (χ1v) is 3.59. The lowest BCUT2D eigenvalue weighted by Crippen LogP contribution is -1.81. The largest absolute Gasteiger partial charge is 0.210 e. The zero-order valence-electron chi connectivity index (χ0n) is 4.11. The highest BCUT2D eigenvalue weighted by Gasteiger charge is 1.95. The average molecular weight is 228 g/mol. The maximum absolute atomic E-state index is 5.48. The van der Waals surface area contributed by atoms with Crippen LogP contribution < -0.4 is 0 Å². The van der Waals surface area contributed by atoms with Crippen LogP contribution in [0.4, 0.5) is 0 Å². The molecular weight excluding hydrogens is 227 g/mol. The number of rotatable bonds is 0. The van der Waals surface area contributed by atoms with Crippen molar-refractivity contribution in [2.24, 2.45) is 0 Å². The molecule has 0 amide bonds. The summed E-state index contributed by atoms with van der Waals surface area (Å²) in [6, 6.07) is 1.47. The van der Waals surface area contributed by atoms with Crippen LogP contribution in [0.3, 0.4) is 0 Å². The van der Waals surface area contributed by atoms with Crippen LogP contribution in [0.25, 0.3) is 0 Å². The molecule has 0 spiro atoms. The molecule has 1 aromatic heterocycles. The third kappa shape index (κ3) is 2.08. The van der Waals surface area contributed by atoms with Crippen LogP contribution >= 0.6 is 39.1 Å². The van der Waals surface area contributed by atoms with Crippen molar-refractivity contribution in [1.82, 2.24) is 9.97 Å². The second kappa shape index (κ2) is 2.82. The van der Waals surface area contributed by atoms with Gasteiger partial charge in [0.1, 0.15) is 10.3 Å². The second-order valence-electron chi connectivity index (χ2n) is 1.28. The molecule has 0 aromatic carbocycles. The quantitative estimate of drug-likeness (QED) is 0.503. The molecule has 0 aliphatic heterocycles. The Balaban J connectivity index is 3.17. The molecule has 0 aliphatic rings. The van der Waals surface area contributed by atoms with Crippen LogP contribution in [0, 0.1) is 0 Å². The van der Waals surface area contributed by atoms with Crippen molar-refractivity contribution >= 4 is 39.1 Å². The molecule has 0 radical (unpaired) electrons. The molecule has 1 aromatic rings. The first-order valence-electron chi connectivity index (χ1n) is 2.04. The summed E-state index contributed by atoms with van der Waals surface area (Å²) in [5, 5.41) is 0.670. The second-order valence-corrected chi connectivity index (χ2v) is 2.77. The van der Waals surface area contributed by atoms with Gasteiger partial charge in [0, 0.05) is 6.07 Å². The van der Waals surface area contributed by atoms with Gasteiger partial charge in [-0.15, -0.1) is 0 Å². The molecule has 9 heavy (non-hydrogen) atoms. The smallest absolute Gasteiger partial charge is 0.199 e. The molecule has 48 valence electrons. The van der Waals surface area contributed by atoms with Gasteiger partial charge >= 0.3 is 0 Å². The van der Waals surface area contributed by atoms with E-state index in [9.17, 15) is 0 Å². The number of hydrogen-bond acceptors (Lipinski definition) is 2. The van der Waals surface area contributed by atoms with Crippen LogP contribution in [-0.2, 0) is 0 Å². The van der Waals surface area contributed by atoms with E-state index in [-0.39, 0.29) is 0 Å². The van der Waals surface area contributed by atoms with E-state index in [1.165, 1.54) is 6.07 Å². The van der Waals surface area contributed by atoms with Gasteiger partial charge in [0.2, 0.25) is 0 Å². The molecule has 5 heteroatoms. The Labute approximate surface area is 70.3 Å². The molecule has 0 unspecified atom stereocenters. The molecular formula is C4HBrCl2N2. The number of nitrogens with zero attached hydrogens (tertiary/aromatic N) is 2. The van der Waals surface area contributed by atoms with E-state index < -0.39 is 0 Å². The van der Waals surface area contributed by atoms with E-state index in [2.05, 4.69) is 25.9 Å². The van der Waals surface area contributed by atoms with E-state index in [0.29, 0.717) is 15.0 Å². The van der Waals surface area contributed by atoms with Crippen LogP contribution in [-0.4, -0.2) is 9.97 Å². The number of hydrogen-bond donors (Lipinski definition) is 0. The molecule has 1 rings (SSSR count). The zero-order valence-corrected chi connectivity index (χ0v) is 7.20. The van der Waals surface area contributed by atoms with E-state index in [1.807, 2.05) is 0 Å². The van der Waals surface area contributed by atoms with Gasteiger partial charge in [-0.3, -0.25) is 0 Å². The third-order valence-corrected chi connectivity index (χ3v) is 1.38. The number of halogens is 3. The lowest BCUT2D eigenvalue weighted by Gasteiger charge is -1.90. The monoisotopic (exact) mass is 226 g/mol. The molecule has 0 atom stereocenters. The highest BCUT2D eigenvalue weighted by atomic mass is 79.9. The van der Waals surface area contributed by atoms with Crippen LogP contribution in [0.1, 0.15) is 0 Å². The predicted molar refractivity (Wildman–Crippen MR) is 39.8 cm³/mol. The van der Waals surface area contributed by atoms with Crippen molar-refractivity contribution in [2.75, 3.05) is 0 Å². The summed E-state index contributed by atoms with van der Waals surface area (Å²) in [7, 11) is 0. The molecule has 0 bridgehead atoms. The standard InChI is InChI=1S/C4HBrCl2N2/c5-4-8-2(6)1-3(7)9-4/h1H. The van der Waals surface area contributed by atoms with E-state index in [0.717, 1.165) is 0 Å². The Morgan fingerprint density at radius 1 is 1.22 bits per heavy atom. The SMILES string of the molecule is Clc1cc(Cl)nc(Br)n1. The van der Waals surface area contributed by atoms with Gasteiger partial charge in [0.25, 0.3) is 0 Å². The maximum atomic E-state index is 5.48. The van der Waals surface area contributed by atoms with Crippen molar-refractivity contribution in [3.8, 4) is 0 Å². The van der Waals surface area contributed by atoms with E-state index in [4.69, 9.17) is 23.2 Å². The Bertz CT molecular complexity index is 177. The Kier molecular flexibility index (Phi) is 2.27. The third-order valence-electron chi connectivity index (χ3n) is 0.636. The van der Waals surface area contributed by atoms with Crippen molar-refractivity contribution < 1.29 is 0 Å².